The second kappa shape index (κ2) is 5.32. The lowest BCUT2D eigenvalue weighted by Gasteiger charge is -2.52. The zero-order valence-corrected chi connectivity index (χ0v) is 14.5. The first-order valence-electron chi connectivity index (χ1n) is 9.11. The van der Waals surface area contributed by atoms with Crippen molar-refractivity contribution in [3.63, 3.8) is 0 Å². The Hall–Kier alpha value is -1.35. The van der Waals surface area contributed by atoms with E-state index in [1.807, 2.05) is 13.0 Å². The van der Waals surface area contributed by atoms with Gasteiger partial charge in [-0.2, -0.15) is 0 Å². The molecule has 130 valence electrons. The summed E-state index contributed by atoms with van der Waals surface area (Å²) >= 11 is 0. The molecule has 0 aliphatic heterocycles. The quantitative estimate of drug-likeness (QED) is 0.751. The minimum atomic E-state index is -0.879. The number of aliphatic hydroxyl groups excluding tert-OH is 1. The molecule has 3 aliphatic rings. The number of aromatic hydroxyl groups is 1. The minimum Gasteiger partial charge on any atom is -0.508 e. The molecule has 0 saturated heterocycles. The molecular formula is C21H27FO2. The van der Waals surface area contributed by atoms with Gasteiger partial charge < -0.3 is 10.2 Å². The van der Waals surface area contributed by atoms with Crippen LogP contribution in [0.2, 0.25) is 0 Å². The highest BCUT2D eigenvalue weighted by Gasteiger charge is 2.60. The van der Waals surface area contributed by atoms with E-state index in [-0.39, 0.29) is 28.9 Å². The first-order valence-corrected chi connectivity index (χ1v) is 9.11. The van der Waals surface area contributed by atoms with Crippen LogP contribution in [0.25, 0.3) is 0 Å². The Morgan fingerprint density at radius 2 is 2.08 bits per heavy atom. The molecule has 4 rings (SSSR count). The van der Waals surface area contributed by atoms with E-state index < -0.39 is 12.3 Å². The Balaban J connectivity index is 1.79. The Labute approximate surface area is 143 Å². The van der Waals surface area contributed by atoms with Gasteiger partial charge in [-0.05, 0) is 73.1 Å². The van der Waals surface area contributed by atoms with E-state index in [1.165, 1.54) is 0 Å². The van der Waals surface area contributed by atoms with Crippen LogP contribution in [0.4, 0.5) is 4.39 Å². The predicted octanol–water partition coefficient (Wildman–Crippen LogP) is 4.36. The van der Waals surface area contributed by atoms with Crippen LogP contribution >= 0.6 is 0 Å². The van der Waals surface area contributed by atoms with Crippen molar-refractivity contribution in [2.75, 3.05) is 0 Å². The molecule has 0 radical (unpaired) electrons. The largest absolute Gasteiger partial charge is 0.508 e. The molecule has 1 aromatic rings. The molecule has 3 heteroatoms. The Bertz CT molecular complexity index is 684. The van der Waals surface area contributed by atoms with Gasteiger partial charge >= 0.3 is 0 Å². The highest BCUT2D eigenvalue weighted by atomic mass is 19.1. The minimum absolute atomic E-state index is 0.0775. The first-order chi connectivity index (χ1) is 11.3. The van der Waals surface area contributed by atoms with Crippen molar-refractivity contribution in [1.29, 1.82) is 0 Å². The number of phenolic OH excluding ortho intramolecular Hbond substituents is 1. The summed E-state index contributed by atoms with van der Waals surface area (Å²) in [7, 11) is 0. The number of rotatable bonds is 1. The number of fused-ring (bicyclic) bond motifs is 5. The zero-order valence-electron chi connectivity index (χ0n) is 14.5. The van der Waals surface area contributed by atoms with Crippen molar-refractivity contribution in [2.24, 2.45) is 23.2 Å². The number of alkyl halides is 1. The number of aryl methyl sites for hydroxylation is 1. The van der Waals surface area contributed by atoms with E-state index in [4.69, 9.17) is 0 Å². The van der Waals surface area contributed by atoms with Crippen LogP contribution in [-0.2, 0) is 6.42 Å². The van der Waals surface area contributed by atoms with Crippen LogP contribution < -0.4 is 0 Å². The van der Waals surface area contributed by atoms with Gasteiger partial charge in [0.25, 0.3) is 0 Å². The summed E-state index contributed by atoms with van der Waals surface area (Å²) in [6.45, 7) is 8.31. The van der Waals surface area contributed by atoms with Crippen molar-refractivity contribution in [3.8, 4) is 5.75 Å². The van der Waals surface area contributed by atoms with Gasteiger partial charge in [-0.25, -0.2) is 4.39 Å². The van der Waals surface area contributed by atoms with Crippen LogP contribution in [0.15, 0.2) is 30.4 Å². The number of halogens is 1. The maximum Gasteiger partial charge on any atom is 0.115 e. The standard InChI is InChI=1S/C21H27FO2/c1-11(2)18-17(24)10-21(3)9-16(22)19-14-7-5-13(23)8-12(14)4-6-15(19)20(18)21/h5,7-8,15-20,23-24H,1,4,6,9-10H2,2-3H3/t15-,16+,17+,18?,19-,20-,21-/m1/s1. The Morgan fingerprint density at radius 1 is 1.33 bits per heavy atom. The number of hydrogen-bond acceptors (Lipinski definition) is 2. The molecule has 2 fully saturated rings. The fraction of sp³-hybridized carbons (Fsp3) is 0.619. The second-order valence-electron chi connectivity index (χ2n) is 8.65. The maximum absolute atomic E-state index is 15.3. The summed E-state index contributed by atoms with van der Waals surface area (Å²) in [5.41, 5.74) is 3.05. The van der Waals surface area contributed by atoms with Gasteiger partial charge in [0.15, 0.2) is 0 Å². The predicted molar refractivity (Wildman–Crippen MR) is 92.7 cm³/mol. The van der Waals surface area contributed by atoms with Crippen LogP contribution in [0.5, 0.6) is 5.75 Å². The highest BCUT2D eigenvalue weighted by Crippen LogP contribution is 2.64. The highest BCUT2D eigenvalue weighted by molar-refractivity contribution is 5.41. The summed E-state index contributed by atoms with van der Waals surface area (Å²) in [4.78, 5) is 0. The fourth-order valence-corrected chi connectivity index (χ4v) is 6.36. The third-order valence-corrected chi connectivity index (χ3v) is 7.06. The molecule has 0 amide bonds. The monoisotopic (exact) mass is 330 g/mol. The smallest absolute Gasteiger partial charge is 0.115 e. The molecule has 7 atom stereocenters. The Morgan fingerprint density at radius 3 is 2.79 bits per heavy atom. The van der Waals surface area contributed by atoms with E-state index >= 15 is 4.39 Å². The summed E-state index contributed by atoms with van der Waals surface area (Å²) in [5, 5.41) is 20.4. The van der Waals surface area contributed by atoms with E-state index in [9.17, 15) is 10.2 Å². The lowest BCUT2D eigenvalue weighted by atomic mass is 9.53. The van der Waals surface area contributed by atoms with Gasteiger partial charge in [0.05, 0.1) is 6.10 Å². The summed E-state index contributed by atoms with van der Waals surface area (Å²) in [6, 6.07) is 5.39. The van der Waals surface area contributed by atoms with Gasteiger partial charge in [-0.1, -0.05) is 25.1 Å². The van der Waals surface area contributed by atoms with E-state index in [1.54, 1.807) is 12.1 Å². The molecule has 1 unspecified atom stereocenters. The average molecular weight is 330 g/mol. The van der Waals surface area contributed by atoms with Gasteiger partial charge in [-0.15, -0.1) is 0 Å². The molecule has 1 aromatic carbocycles. The van der Waals surface area contributed by atoms with Crippen molar-refractivity contribution in [2.45, 2.75) is 57.7 Å². The molecule has 2 nitrogen and oxygen atoms in total. The van der Waals surface area contributed by atoms with E-state index in [0.717, 1.165) is 29.5 Å². The third-order valence-electron chi connectivity index (χ3n) is 7.06. The molecule has 0 bridgehead atoms. The molecule has 0 spiro atoms. The van der Waals surface area contributed by atoms with Crippen LogP contribution in [0, 0.1) is 23.2 Å². The topological polar surface area (TPSA) is 40.5 Å². The average Bonchev–Trinajstić information content (AvgIpc) is 2.76. The maximum atomic E-state index is 15.3. The van der Waals surface area contributed by atoms with Gasteiger partial charge in [0.1, 0.15) is 11.9 Å². The van der Waals surface area contributed by atoms with Crippen LogP contribution in [-0.4, -0.2) is 22.5 Å². The molecule has 0 heterocycles. The number of benzene rings is 1. The Kier molecular flexibility index (Phi) is 3.58. The normalized spacial score (nSPS) is 43.7. The first kappa shape index (κ1) is 16.1. The molecular weight excluding hydrogens is 303 g/mol. The number of phenols is 1. The third kappa shape index (κ3) is 2.17. The fourth-order valence-electron chi connectivity index (χ4n) is 6.36. The zero-order chi connectivity index (χ0) is 17.2. The summed E-state index contributed by atoms with van der Waals surface area (Å²) in [6.07, 6.45) is 1.73. The number of aliphatic hydroxyl groups is 1. The van der Waals surface area contributed by atoms with Crippen LogP contribution in [0.3, 0.4) is 0 Å². The lowest BCUT2D eigenvalue weighted by Crippen LogP contribution is -2.47. The van der Waals surface area contributed by atoms with Gasteiger partial charge in [-0.3, -0.25) is 0 Å². The lowest BCUT2D eigenvalue weighted by molar-refractivity contribution is -0.0112. The molecule has 24 heavy (non-hydrogen) atoms. The molecule has 2 saturated carbocycles. The van der Waals surface area contributed by atoms with Crippen LogP contribution in [0.1, 0.15) is 50.2 Å². The van der Waals surface area contributed by atoms with Crippen molar-refractivity contribution in [1.82, 2.24) is 0 Å². The van der Waals surface area contributed by atoms with Gasteiger partial charge in [0, 0.05) is 11.8 Å². The summed E-state index contributed by atoms with van der Waals surface area (Å²) < 4.78 is 15.3. The van der Waals surface area contributed by atoms with Crippen molar-refractivity contribution < 1.29 is 14.6 Å². The van der Waals surface area contributed by atoms with E-state index in [0.29, 0.717) is 18.8 Å². The molecule has 2 N–H and O–H groups in total. The van der Waals surface area contributed by atoms with E-state index in [2.05, 4.69) is 13.5 Å². The second-order valence-corrected chi connectivity index (χ2v) is 8.65. The summed E-state index contributed by atoms with van der Waals surface area (Å²) in [5.74, 6) is 0.770. The van der Waals surface area contributed by atoms with Crippen molar-refractivity contribution in [3.05, 3.63) is 41.5 Å². The molecule has 0 aromatic heterocycles. The van der Waals surface area contributed by atoms with Crippen molar-refractivity contribution >= 4 is 0 Å². The molecule has 3 aliphatic carbocycles. The van der Waals surface area contributed by atoms with Gasteiger partial charge in [0.2, 0.25) is 0 Å². The number of hydrogen-bond donors (Lipinski definition) is 2. The SMILES string of the molecule is C=C(C)C1[C@@H](O)C[C@@]2(C)C[C@H](F)[C@@H]3c4ccc(O)cc4CC[C@H]3[C@H]12.